The lowest BCUT2D eigenvalue weighted by Crippen LogP contribution is -1.98. The van der Waals surface area contributed by atoms with Crippen LogP contribution in [0.1, 0.15) is 0 Å². The van der Waals surface area contributed by atoms with E-state index in [1.54, 1.807) is 18.3 Å². The van der Waals surface area contributed by atoms with Crippen LogP contribution in [0.15, 0.2) is 29.2 Å². The zero-order valence-corrected chi connectivity index (χ0v) is 5.28. The molecule has 1 heterocycles. The third-order valence-corrected chi connectivity index (χ3v) is 0.681. The fraction of sp³-hybridized carbons (Fsp3) is 0. The van der Waals surface area contributed by atoms with E-state index in [0.717, 1.165) is 0 Å². The fourth-order valence-corrected chi connectivity index (χ4v) is 0.377. The average molecular weight is 140 g/mol. The van der Waals surface area contributed by atoms with Crippen LogP contribution in [-0.4, -0.2) is 11.4 Å². The van der Waals surface area contributed by atoms with Crippen molar-refractivity contribution < 1.29 is 4.79 Å². The van der Waals surface area contributed by atoms with Crippen LogP contribution in [0.3, 0.4) is 0 Å². The second-order valence-corrected chi connectivity index (χ2v) is 1.36. The molecule has 0 aromatic carbocycles. The van der Waals surface area contributed by atoms with Gasteiger partial charge < -0.3 is 10.7 Å². The zero-order valence-electron chi connectivity index (χ0n) is 5.28. The van der Waals surface area contributed by atoms with Crippen molar-refractivity contribution in [1.82, 2.24) is 4.98 Å². The van der Waals surface area contributed by atoms with Crippen molar-refractivity contribution in [2.24, 2.45) is 5.73 Å². The van der Waals surface area contributed by atoms with Gasteiger partial charge in [-0.15, -0.1) is 0 Å². The molecule has 0 bridgehead atoms. The highest BCUT2D eigenvalue weighted by Gasteiger charge is 1.69. The summed E-state index contributed by atoms with van der Waals surface area (Å²) in [5.41, 5.74) is 4.11. The standard InChI is InChI=1S/C5H5NO.CH3NO/c7-5-3-1-2-4-6-5;2-1-3/h1-4H,(H,6,7);1H,(H2,2,3). The molecule has 0 aliphatic rings. The number of hydrogen-bond donors (Lipinski definition) is 2. The number of aromatic amines is 1. The van der Waals surface area contributed by atoms with E-state index in [4.69, 9.17) is 4.79 Å². The van der Waals surface area contributed by atoms with Gasteiger partial charge >= 0.3 is 0 Å². The molecule has 54 valence electrons. The number of pyridine rings is 1. The number of primary amides is 1. The van der Waals surface area contributed by atoms with Gasteiger partial charge in [-0.25, -0.2) is 0 Å². The summed E-state index contributed by atoms with van der Waals surface area (Å²) in [6.45, 7) is 0. The minimum atomic E-state index is -0.0532. The van der Waals surface area contributed by atoms with Crippen LogP contribution in [0.2, 0.25) is 0 Å². The SMILES string of the molecule is NC=O.O=c1cccc[nH]1. The minimum Gasteiger partial charge on any atom is -0.372 e. The predicted octanol–water partition coefficient (Wildman–Crippen LogP) is -0.524. The third kappa shape index (κ3) is 4.58. The highest BCUT2D eigenvalue weighted by atomic mass is 16.1. The number of nitrogens with one attached hydrogen (secondary N) is 1. The Kier molecular flexibility index (Phi) is 4.68. The summed E-state index contributed by atoms with van der Waals surface area (Å²) in [7, 11) is 0. The first kappa shape index (κ1) is 8.42. The number of rotatable bonds is 0. The molecule has 1 aromatic heterocycles. The van der Waals surface area contributed by atoms with Gasteiger partial charge in [0.25, 0.3) is 0 Å². The Morgan fingerprint density at radius 3 is 2.30 bits per heavy atom. The molecule has 0 fully saturated rings. The molecule has 1 aromatic rings. The molecule has 0 saturated carbocycles. The molecule has 4 heteroatoms. The van der Waals surface area contributed by atoms with E-state index in [-0.39, 0.29) is 12.0 Å². The minimum absolute atomic E-state index is 0.0532. The van der Waals surface area contributed by atoms with Crippen LogP contribution in [0.4, 0.5) is 0 Å². The van der Waals surface area contributed by atoms with Gasteiger partial charge in [-0.1, -0.05) is 6.07 Å². The molecule has 0 unspecified atom stereocenters. The molecule has 0 spiro atoms. The van der Waals surface area contributed by atoms with Crippen molar-refractivity contribution in [3.05, 3.63) is 34.7 Å². The molecule has 1 rings (SSSR count). The number of amides is 1. The molecule has 0 saturated heterocycles. The Labute approximate surface area is 57.7 Å². The lowest BCUT2D eigenvalue weighted by Gasteiger charge is -1.73. The van der Waals surface area contributed by atoms with Crippen LogP contribution in [0.25, 0.3) is 0 Å². The van der Waals surface area contributed by atoms with Gasteiger partial charge in [-0.2, -0.15) is 0 Å². The number of hydrogen-bond acceptors (Lipinski definition) is 2. The van der Waals surface area contributed by atoms with Crippen molar-refractivity contribution in [2.45, 2.75) is 0 Å². The second-order valence-electron chi connectivity index (χ2n) is 1.36. The van der Waals surface area contributed by atoms with Crippen molar-refractivity contribution in [3.8, 4) is 0 Å². The van der Waals surface area contributed by atoms with Crippen molar-refractivity contribution in [2.75, 3.05) is 0 Å². The summed E-state index contributed by atoms with van der Waals surface area (Å²) in [6, 6.07) is 4.93. The summed E-state index contributed by atoms with van der Waals surface area (Å²) < 4.78 is 0. The summed E-state index contributed by atoms with van der Waals surface area (Å²) in [5, 5.41) is 0. The first-order chi connectivity index (χ1) is 4.81. The molecule has 3 N–H and O–H groups in total. The average Bonchev–Trinajstić information content (AvgIpc) is 1.91. The van der Waals surface area contributed by atoms with Crippen LogP contribution >= 0.6 is 0 Å². The summed E-state index contributed by atoms with van der Waals surface area (Å²) in [5.74, 6) is 0. The van der Waals surface area contributed by atoms with Crippen LogP contribution in [0, 0.1) is 0 Å². The van der Waals surface area contributed by atoms with Crippen molar-refractivity contribution >= 4 is 6.41 Å². The smallest absolute Gasteiger partial charge is 0.247 e. The maximum absolute atomic E-state index is 10.2. The largest absolute Gasteiger partial charge is 0.372 e. The Morgan fingerprint density at radius 2 is 2.10 bits per heavy atom. The van der Waals surface area contributed by atoms with E-state index in [9.17, 15) is 4.79 Å². The molecule has 10 heavy (non-hydrogen) atoms. The van der Waals surface area contributed by atoms with Gasteiger partial charge in [0.15, 0.2) is 0 Å². The maximum atomic E-state index is 10.2. The molecule has 4 nitrogen and oxygen atoms in total. The topological polar surface area (TPSA) is 76.0 Å². The van der Waals surface area contributed by atoms with Crippen LogP contribution in [-0.2, 0) is 4.79 Å². The van der Waals surface area contributed by atoms with E-state index in [2.05, 4.69) is 10.7 Å². The number of nitrogens with two attached hydrogens (primary N) is 1. The molecule has 1 amide bonds. The third-order valence-electron chi connectivity index (χ3n) is 0.681. The molecule has 0 radical (unpaired) electrons. The lowest BCUT2D eigenvalue weighted by molar-refractivity contribution is -0.106. The fourth-order valence-electron chi connectivity index (χ4n) is 0.377. The van der Waals surface area contributed by atoms with Crippen LogP contribution < -0.4 is 11.3 Å². The van der Waals surface area contributed by atoms with Gasteiger partial charge in [-0.3, -0.25) is 9.59 Å². The Bertz CT molecular complexity index is 214. The first-order valence-electron chi connectivity index (χ1n) is 2.60. The Balaban J connectivity index is 0.000000236. The van der Waals surface area contributed by atoms with Gasteiger partial charge in [0, 0.05) is 12.3 Å². The highest BCUT2D eigenvalue weighted by Crippen LogP contribution is 1.67. The van der Waals surface area contributed by atoms with Gasteiger partial charge in [0.05, 0.1) is 0 Å². The Morgan fingerprint density at radius 1 is 1.50 bits per heavy atom. The van der Waals surface area contributed by atoms with Gasteiger partial charge in [0.2, 0.25) is 12.0 Å². The summed E-state index contributed by atoms with van der Waals surface area (Å²) >= 11 is 0. The number of aromatic nitrogens is 1. The van der Waals surface area contributed by atoms with Crippen molar-refractivity contribution in [1.29, 1.82) is 0 Å². The predicted molar refractivity (Wildman–Crippen MR) is 37.3 cm³/mol. The number of carbonyl (C=O) groups excluding carboxylic acids is 1. The molecular formula is C6H8N2O2. The monoisotopic (exact) mass is 140 g/mol. The van der Waals surface area contributed by atoms with Crippen molar-refractivity contribution in [3.63, 3.8) is 0 Å². The van der Waals surface area contributed by atoms with E-state index < -0.39 is 0 Å². The number of carbonyl (C=O) groups is 1. The quantitative estimate of drug-likeness (QED) is 0.475. The van der Waals surface area contributed by atoms with E-state index in [1.807, 2.05) is 0 Å². The normalized spacial score (nSPS) is 7.20. The molecule has 0 atom stereocenters. The highest BCUT2D eigenvalue weighted by molar-refractivity contribution is 5.42. The van der Waals surface area contributed by atoms with Gasteiger partial charge in [0.1, 0.15) is 0 Å². The lowest BCUT2D eigenvalue weighted by atomic mass is 10.5. The summed E-state index contributed by atoms with van der Waals surface area (Å²) in [4.78, 5) is 21.3. The number of H-pyrrole nitrogens is 1. The Hall–Kier alpha value is -1.58. The first-order valence-corrected chi connectivity index (χ1v) is 2.60. The van der Waals surface area contributed by atoms with E-state index >= 15 is 0 Å². The second kappa shape index (κ2) is 5.55. The van der Waals surface area contributed by atoms with Crippen LogP contribution in [0.5, 0.6) is 0 Å². The van der Waals surface area contributed by atoms with E-state index in [0.29, 0.717) is 0 Å². The maximum Gasteiger partial charge on any atom is 0.247 e. The van der Waals surface area contributed by atoms with Gasteiger partial charge in [-0.05, 0) is 6.07 Å². The van der Waals surface area contributed by atoms with E-state index in [1.165, 1.54) is 6.07 Å². The zero-order chi connectivity index (χ0) is 7.82. The molecular weight excluding hydrogens is 132 g/mol. The molecule has 0 aliphatic carbocycles. The summed E-state index contributed by atoms with van der Waals surface area (Å²) in [6.07, 6.45) is 1.85. The molecule has 0 aliphatic heterocycles.